The van der Waals surface area contributed by atoms with Crippen LogP contribution in [0.5, 0.6) is 0 Å². The van der Waals surface area contributed by atoms with Gasteiger partial charge in [-0.25, -0.2) is 0 Å². The average molecular weight is 222 g/mol. The van der Waals surface area contributed by atoms with Crippen molar-refractivity contribution in [3.63, 3.8) is 0 Å². The molecule has 1 atom stereocenters. The van der Waals surface area contributed by atoms with Crippen molar-refractivity contribution < 1.29 is 18.3 Å². The Morgan fingerprint density at radius 2 is 2.21 bits per heavy atom. The highest BCUT2D eigenvalue weighted by atomic mass is 32.1. The third-order valence-corrected chi connectivity index (χ3v) is 2.29. The van der Waals surface area contributed by atoms with E-state index in [4.69, 9.17) is 5.11 Å². The predicted octanol–water partition coefficient (Wildman–Crippen LogP) is 3.07. The first-order valence-corrected chi connectivity index (χ1v) is 4.88. The molecule has 0 bridgehead atoms. The summed E-state index contributed by atoms with van der Waals surface area (Å²) in [4.78, 5) is 0. The molecule has 5 heteroatoms. The molecule has 0 radical (unpaired) electrons. The standard InChI is InChI=1S/C9H9F3OS/c10-9(11,12)8(13)3-1-2-7-4-5-14-6-7/h1-2,4-6,8,13H,3H2/b2-1+. The second-order valence-electron chi connectivity index (χ2n) is 2.75. The Labute approximate surface area is 83.5 Å². The van der Waals surface area contributed by atoms with Gasteiger partial charge in [-0.15, -0.1) is 0 Å². The second kappa shape index (κ2) is 4.61. The maximum Gasteiger partial charge on any atom is 0.414 e. The van der Waals surface area contributed by atoms with Gasteiger partial charge in [0.05, 0.1) is 0 Å². The van der Waals surface area contributed by atoms with Crippen molar-refractivity contribution in [2.24, 2.45) is 0 Å². The zero-order chi connectivity index (χ0) is 10.6. The van der Waals surface area contributed by atoms with Gasteiger partial charge in [-0.3, -0.25) is 0 Å². The first-order chi connectivity index (χ1) is 6.50. The average Bonchev–Trinajstić information content (AvgIpc) is 2.55. The summed E-state index contributed by atoms with van der Waals surface area (Å²) >= 11 is 1.47. The van der Waals surface area contributed by atoms with Crippen LogP contribution in [0, 0.1) is 0 Å². The van der Waals surface area contributed by atoms with E-state index in [0.29, 0.717) is 0 Å². The Morgan fingerprint density at radius 3 is 2.71 bits per heavy atom. The molecule has 0 fully saturated rings. The zero-order valence-electron chi connectivity index (χ0n) is 7.16. The number of alkyl halides is 3. The summed E-state index contributed by atoms with van der Waals surface area (Å²) in [7, 11) is 0. The van der Waals surface area contributed by atoms with Gasteiger partial charge < -0.3 is 5.11 Å². The lowest BCUT2D eigenvalue weighted by Crippen LogP contribution is -2.27. The van der Waals surface area contributed by atoms with Crippen LogP contribution in [-0.2, 0) is 0 Å². The fraction of sp³-hybridized carbons (Fsp3) is 0.333. The molecule has 1 nitrogen and oxygen atoms in total. The van der Waals surface area contributed by atoms with Gasteiger partial charge in [-0.05, 0) is 22.4 Å². The Morgan fingerprint density at radius 1 is 1.50 bits per heavy atom. The summed E-state index contributed by atoms with van der Waals surface area (Å²) in [6.07, 6.45) is -4.32. The molecule has 0 saturated heterocycles. The maximum absolute atomic E-state index is 11.8. The molecule has 1 aromatic heterocycles. The normalized spacial score (nSPS) is 14.9. The molecule has 1 N–H and O–H groups in total. The van der Waals surface area contributed by atoms with Gasteiger partial charge in [-0.2, -0.15) is 24.5 Å². The van der Waals surface area contributed by atoms with Crippen molar-refractivity contribution in [2.45, 2.75) is 18.7 Å². The van der Waals surface area contributed by atoms with Crippen molar-refractivity contribution in [2.75, 3.05) is 0 Å². The number of thiophene rings is 1. The highest BCUT2D eigenvalue weighted by molar-refractivity contribution is 7.08. The summed E-state index contributed by atoms with van der Waals surface area (Å²) in [6, 6.07) is 1.79. The molecular formula is C9H9F3OS. The minimum absolute atomic E-state index is 0.403. The minimum atomic E-state index is -4.53. The molecule has 0 amide bonds. The van der Waals surface area contributed by atoms with Crippen LogP contribution in [-0.4, -0.2) is 17.4 Å². The predicted molar refractivity (Wildman–Crippen MR) is 50.0 cm³/mol. The molecule has 1 unspecified atom stereocenters. The van der Waals surface area contributed by atoms with Gasteiger partial charge >= 0.3 is 6.18 Å². The Bertz CT molecular complexity index is 290. The smallest absolute Gasteiger partial charge is 0.383 e. The van der Waals surface area contributed by atoms with Crippen LogP contribution < -0.4 is 0 Å². The molecule has 0 aromatic carbocycles. The van der Waals surface area contributed by atoms with E-state index in [9.17, 15) is 13.2 Å². The van der Waals surface area contributed by atoms with Crippen LogP contribution in [0.15, 0.2) is 22.9 Å². The topological polar surface area (TPSA) is 20.2 Å². The van der Waals surface area contributed by atoms with Crippen LogP contribution in [0.25, 0.3) is 6.08 Å². The molecule has 1 aromatic rings. The van der Waals surface area contributed by atoms with Gasteiger partial charge in [0.25, 0.3) is 0 Å². The van der Waals surface area contributed by atoms with Crippen molar-refractivity contribution >= 4 is 17.4 Å². The summed E-state index contributed by atoms with van der Waals surface area (Å²) < 4.78 is 35.5. The fourth-order valence-electron chi connectivity index (χ4n) is 0.836. The Hall–Kier alpha value is -0.810. The third-order valence-electron chi connectivity index (χ3n) is 1.59. The summed E-state index contributed by atoms with van der Waals surface area (Å²) in [5.41, 5.74) is 0.851. The van der Waals surface area contributed by atoms with Crippen molar-refractivity contribution in [1.29, 1.82) is 0 Å². The highest BCUT2D eigenvalue weighted by Crippen LogP contribution is 2.22. The van der Waals surface area contributed by atoms with Gasteiger partial charge in [0.2, 0.25) is 0 Å². The maximum atomic E-state index is 11.8. The SMILES string of the molecule is OC(C/C=C/c1ccsc1)C(F)(F)F. The minimum Gasteiger partial charge on any atom is -0.383 e. The van der Waals surface area contributed by atoms with Crippen molar-refractivity contribution in [1.82, 2.24) is 0 Å². The molecule has 0 saturated carbocycles. The molecular weight excluding hydrogens is 213 g/mol. The second-order valence-corrected chi connectivity index (χ2v) is 3.53. The Kier molecular flexibility index (Phi) is 3.71. The number of hydrogen-bond donors (Lipinski definition) is 1. The first-order valence-electron chi connectivity index (χ1n) is 3.93. The van der Waals surface area contributed by atoms with Gasteiger partial charge in [0.1, 0.15) is 0 Å². The molecule has 0 aliphatic carbocycles. The zero-order valence-corrected chi connectivity index (χ0v) is 7.98. The number of halogens is 3. The summed E-state index contributed by atoms with van der Waals surface area (Å²) in [5, 5.41) is 12.3. The van der Waals surface area contributed by atoms with Crippen LogP contribution in [0.4, 0.5) is 13.2 Å². The van der Waals surface area contributed by atoms with E-state index in [2.05, 4.69) is 0 Å². The van der Waals surface area contributed by atoms with E-state index in [1.54, 1.807) is 12.1 Å². The molecule has 0 aliphatic heterocycles. The van der Waals surface area contributed by atoms with Gasteiger partial charge in [0, 0.05) is 6.42 Å². The lowest BCUT2D eigenvalue weighted by atomic mass is 10.2. The van der Waals surface area contributed by atoms with E-state index in [1.165, 1.54) is 17.4 Å². The van der Waals surface area contributed by atoms with Crippen molar-refractivity contribution in [3.05, 3.63) is 28.5 Å². The lowest BCUT2D eigenvalue weighted by molar-refractivity contribution is -0.202. The third kappa shape index (κ3) is 3.51. The quantitative estimate of drug-likeness (QED) is 0.833. The number of rotatable bonds is 3. The summed E-state index contributed by atoms with van der Waals surface area (Å²) in [5.74, 6) is 0. The van der Waals surface area contributed by atoms with E-state index in [1.807, 2.05) is 10.8 Å². The van der Waals surface area contributed by atoms with E-state index in [0.717, 1.165) is 5.56 Å². The summed E-state index contributed by atoms with van der Waals surface area (Å²) in [6.45, 7) is 0. The van der Waals surface area contributed by atoms with Gasteiger partial charge in [-0.1, -0.05) is 12.2 Å². The van der Waals surface area contributed by atoms with Crippen molar-refractivity contribution in [3.8, 4) is 0 Å². The largest absolute Gasteiger partial charge is 0.414 e. The molecule has 0 spiro atoms. The van der Waals surface area contributed by atoms with Crippen LogP contribution in [0.3, 0.4) is 0 Å². The van der Waals surface area contributed by atoms with Gasteiger partial charge in [0.15, 0.2) is 6.10 Å². The number of aliphatic hydroxyl groups is 1. The molecule has 1 rings (SSSR count). The van der Waals surface area contributed by atoms with Crippen LogP contribution >= 0.6 is 11.3 Å². The van der Waals surface area contributed by atoms with Crippen LogP contribution in [0.2, 0.25) is 0 Å². The molecule has 78 valence electrons. The van der Waals surface area contributed by atoms with E-state index in [-0.39, 0.29) is 0 Å². The Balaban J connectivity index is 2.41. The first kappa shape index (κ1) is 11.3. The lowest BCUT2D eigenvalue weighted by Gasteiger charge is -2.11. The molecule has 0 aliphatic rings. The number of hydrogen-bond acceptors (Lipinski definition) is 2. The highest BCUT2D eigenvalue weighted by Gasteiger charge is 2.36. The monoisotopic (exact) mass is 222 g/mol. The van der Waals surface area contributed by atoms with E-state index >= 15 is 0 Å². The number of aliphatic hydroxyl groups excluding tert-OH is 1. The van der Waals surface area contributed by atoms with Crippen LogP contribution in [0.1, 0.15) is 12.0 Å². The fourth-order valence-corrected chi connectivity index (χ4v) is 1.47. The van der Waals surface area contributed by atoms with E-state index < -0.39 is 18.7 Å². The molecule has 14 heavy (non-hydrogen) atoms. The molecule has 1 heterocycles.